The van der Waals surface area contributed by atoms with E-state index in [0.29, 0.717) is 5.92 Å². The van der Waals surface area contributed by atoms with E-state index in [1.165, 1.54) is 6.42 Å². The fourth-order valence-electron chi connectivity index (χ4n) is 3.46. The third-order valence-corrected chi connectivity index (χ3v) is 4.18. The molecule has 0 saturated heterocycles. The van der Waals surface area contributed by atoms with Crippen molar-refractivity contribution in [2.45, 2.75) is 52.1 Å². The highest BCUT2D eigenvalue weighted by atomic mass is 32.1. The maximum absolute atomic E-state index is 10.7. The topological polar surface area (TPSA) is 33.1 Å². The summed E-state index contributed by atoms with van der Waals surface area (Å²) in [5.74, 6) is 0.605. The van der Waals surface area contributed by atoms with E-state index in [1.807, 2.05) is 11.6 Å². The van der Waals surface area contributed by atoms with Crippen molar-refractivity contribution in [3.63, 3.8) is 0 Å². The molecule has 1 aromatic rings. The number of aliphatic hydroxyl groups is 1. The van der Waals surface area contributed by atoms with Crippen molar-refractivity contribution in [1.29, 1.82) is 0 Å². The van der Waals surface area contributed by atoms with Crippen LogP contribution >= 0.6 is 11.3 Å². The standard InChI is InChI=1S/C13H21NOS/c1-10-6-12(2,3)9-13(15,7-10)8-11-14-4-5-16-11/h4-5,10,15H,6-9H2,1-3H3. The first-order valence-corrected chi connectivity index (χ1v) is 6.87. The van der Waals surface area contributed by atoms with Gasteiger partial charge in [0.05, 0.1) is 10.6 Å². The molecule has 3 heteroatoms. The Hall–Kier alpha value is -0.410. The van der Waals surface area contributed by atoms with Gasteiger partial charge in [-0.3, -0.25) is 0 Å². The van der Waals surface area contributed by atoms with Gasteiger partial charge >= 0.3 is 0 Å². The Labute approximate surface area is 102 Å². The molecule has 1 aliphatic carbocycles. The lowest BCUT2D eigenvalue weighted by Gasteiger charge is -2.44. The maximum Gasteiger partial charge on any atom is 0.0953 e. The Morgan fingerprint density at radius 1 is 1.50 bits per heavy atom. The van der Waals surface area contributed by atoms with Crippen molar-refractivity contribution in [3.05, 3.63) is 16.6 Å². The Bertz CT molecular complexity index is 347. The minimum absolute atomic E-state index is 0.254. The third-order valence-electron chi connectivity index (χ3n) is 3.40. The average Bonchev–Trinajstić information content (AvgIpc) is 2.49. The zero-order valence-electron chi connectivity index (χ0n) is 10.4. The van der Waals surface area contributed by atoms with Crippen molar-refractivity contribution in [2.24, 2.45) is 11.3 Å². The quantitative estimate of drug-likeness (QED) is 0.859. The highest BCUT2D eigenvalue weighted by Crippen LogP contribution is 2.45. The monoisotopic (exact) mass is 239 g/mol. The molecule has 0 aliphatic heterocycles. The fraction of sp³-hybridized carbons (Fsp3) is 0.769. The van der Waals surface area contributed by atoms with Crippen LogP contribution in [0, 0.1) is 11.3 Å². The zero-order valence-corrected chi connectivity index (χ0v) is 11.2. The van der Waals surface area contributed by atoms with Gasteiger partial charge in [-0.2, -0.15) is 0 Å². The summed E-state index contributed by atoms with van der Waals surface area (Å²) in [6, 6.07) is 0. The minimum Gasteiger partial charge on any atom is -0.389 e. The number of thiazole rings is 1. The molecule has 0 aromatic carbocycles. The van der Waals surface area contributed by atoms with E-state index >= 15 is 0 Å². The van der Waals surface area contributed by atoms with Gasteiger partial charge in [-0.1, -0.05) is 20.8 Å². The first-order valence-electron chi connectivity index (χ1n) is 5.99. The summed E-state index contributed by atoms with van der Waals surface area (Å²) < 4.78 is 0. The number of hydrogen-bond acceptors (Lipinski definition) is 3. The van der Waals surface area contributed by atoms with Crippen LogP contribution in [0.2, 0.25) is 0 Å². The van der Waals surface area contributed by atoms with Gasteiger partial charge in [-0.15, -0.1) is 11.3 Å². The van der Waals surface area contributed by atoms with Gasteiger partial charge < -0.3 is 5.11 Å². The van der Waals surface area contributed by atoms with E-state index in [9.17, 15) is 5.11 Å². The predicted octanol–water partition coefficient (Wildman–Crippen LogP) is 3.26. The zero-order chi connectivity index (χ0) is 11.8. The maximum atomic E-state index is 10.7. The lowest BCUT2D eigenvalue weighted by Crippen LogP contribution is -2.43. The van der Waals surface area contributed by atoms with Crippen LogP contribution in [0.3, 0.4) is 0 Å². The minimum atomic E-state index is -0.543. The van der Waals surface area contributed by atoms with Crippen LogP contribution in [-0.2, 0) is 6.42 Å². The summed E-state index contributed by atoms with van der Waals surface area (Å²) in [6.45, 7) is 6.76. The normalized spacial score (nSPS) is 33.9. The van der Waals surface area contributed by atoms with E-state index in [-0.39, 0.29) is 5.41 Å². The van der Waals surface area contributed by atoms with Crippen molar-refractivity contribution < 1.29 is 5.11 Å². The van der Waals surface area contributed by atoms with Gasteiger partial charge in [0.25, 0.3) is 0 Å². The van der Waals surface area contributed by atoms with Crippen LogP contribution in [0.1, 0.15) is 45.0 Å². The van der Waals surface area contributed by atoms with Crippen LogP contribution in [0.5, 0.6) is 0 Å². The second-order valence-corrected chi connectivity index (χ2v) is 7.16. The first kappa shape index (κ1) is 12.1. The van der Waals surface area contributed by atoms with Gasteiger partial charge in [0.1, 0.15) is 0 Å². The van der Waals surface area contributed by atoms with Crippen molar-refractivity contribution in [3.8, 4) is 0 Å². The van der Waals surface area contributed by atoms with E-state index < -0.39 is 5.60 Å². The van der Waals surface area contributed by atoms with Crippen molar-refractivity contribution >= 4 is 11.3 Å². The average molecular weight is 239 g/mol. The summed E-state index contributed by atoms with van der Waals surface area (Å²) in [7, 11) is 0. The molecule has 1 heterocycles. The third kappa shape index (κ3) is 2.83. The predicted molar refractivity (Wildman–Crippen MR) is 67.6 cm³/mol. The lowest BCUT2D eigenvalue weighted by atomic mass is 9.65. The number of rotatable bonds is 2. The molecule has 0 spiro atoms. The molecule has 1 aliphatic rings. The smallest absolute Gasteiger partial charge is 0.0953 e. The number of nitrogens with zero attached hydrogens (tertiary/aromatic N) is 1. The molecule has 2 atom stereocenters. The second-order valence-electron chi connectivity index (χ2n) is 6.18. The van der Waals surface area contributed by atoms with Crippen LogP contribution in [0.25, 0.3) is 0 Å². The molecule has 0 amide bonds. The Morgan fingerprint density at radius 2 is 2.25 bits per heavy atom. The fourth-order valence-corrected chi connectivity index (χ4v) is 4.21. The summed E-state index contributed by atoms with van der Waals surface area (Å²) in [5, 5.41) is 13.8. The first-order chi connectivity index (χ1) is 7.39. The molecule has 1 N–H and O–H groups in total. The molecular weight excluding hydrogens is 218 g/mol. The molecule has 90 valence electrons. The molecule has 2 unspecified atom stereocenters. The second kappa shape index (κ2) is 4.11. The summed E-state index contributed by atoms with van der Waals surface area (Å²) in [5.41, 5.74) is -0.289. The van der Waals surface area contributed by atoms with Crippen LogP contribution in [-0.4, -0.2) is 15.7 Å². The van der Waals surface area contributed by atoms with Crippen LogP contribution in [0.15, 0.2) is 11.6 Å². The molecule has 0 bridgehead atoms. The van der Waals surface area contributed by atoms with Gasteiger partial charge in [-0.05, 0) is 30.6 Å². The summed E-state index contributed by atoms with van der Waals surface area (Å²) in [4.78, 5) is 4.29. The molecule has 2 rings (SSSR count). The largest absolute Gasteiger partial charge is 0.389 e. The van der Waals surface area contributed by atoms with E-state index in [0.717, 1.165) is 24.3 Å². The molecule has 1 saturated carbocycles. The van der Waals surface area contributed by atoms with Gasteiger partial charge in [0.15, 0.2) is 0 Å². The molecule has 2 nitrogen and oxygen atoms in total. The highest BCUT2D eigenvalue weighted by molar-refractivity contribution is 7.09. The van der Waals surface area contributed by atoms with E-state index in [1.54, 1.807) is 11.3 Å². The molecular formula is C13H21NOS. The van der Waals surface area contributed by atoms with Gasteiger partial charge in [-0.25, -0.2) is 4.98 Å². The van der Waals surface area contributed by atoms with Gasteiger partial charge in [0.2, 0.25) is 0 Å². The van der Waals surface area contributed by atoms with Crippen molar-refractivity contribution in [2.75, 3.05) is 0 Å². The van der Waals surface area contributed by atoms with E-state index in [4.69, 9.17) is 0 Å². The SMILES string of the molecule is CC1CC(C)(C)CC(O)(Cc2nccs2)C1. The molecule has 1 fully saturated rings. The van der Waals surface area contributed by atoms with E-state index in [2.05, 4.69) is 25.8 Å². The highest BCUT2D eigenvalue weighted by Gasteiger charge is 2.41. The Morgan fingerprint density at radius 3 is 2.81 bits per heavy atom. The molecule has 16 heavy (non-hydrogen) atoms. The summed E-state index contributed by atoms with van der Waals surface area (Å²) >= 11 is 1.65. The number of hydrogen-bond donors (Lipinski definition) is 1. The Kier molecular flexibility index (Phi) is 3.10. The lowest BCUT2D eigenvalue weighted by molar-refractivity contribution is -0.0574. The summed E-state index contributed by atoms with van der Waals surface area (Å²) in [6.07, 6.45) is 5.56. The molecule has 0 radical (unpaired) electrons. The van der Waals surface area contributed by atoms with Crippen LogP contribution < -0.4 is 0 Å². The molecule has 1 aromatic heterocycles. The van der Waals surface area contributed by atoms with Crippen LogP contribution in [0.4, 0.5) is 0 Å². The number of aromatic nitrogens is 1. The van der Waals surface area contributed by atoms with Gasteiger partial charge in [0, 0.05) is 18.0 Å². The van der Waals surface area contributed by atoms with Crippen molar-refractivity contribution in [1.82, 2.24) is 4.98 Å². The Balaban J connectivity index is 2.11.